The molecule has 2 aromatic heterocycles. The van der Waals surface area contributed by atoms with Crippen molar-refractivity contribution < 1.29 is 20.1 Å². The lowest BCUT2D eigenvalue weighted by Crippen LogP contribution is -2.28. The first-order valence-electron chi connectivity index (χ1n) is 6.19. The quantitative estimate of drug-likeness (QED) is 0.679. The van der Waals surface area contributed by atoms with Crippen LogP contribution in [-0.2, 0) is 4.79 Å². The van der Waals surface area contributed by atoms with Crippen LogP contribution in [0.4, 0.5) is 0 Å². The average molecular weight is 304 g/mol. The molecule has 1 aromatic carbocycles. The minimum absolute atomic E-state index is 0.271. The van der Waals surface area contributed by atoms with E-state index in [9.17, 15) is 15.0 Å². The Hall–Kier alpha value is -2.22. The molecule has 2 heterocycles. The number of carboxylic acids is 1. The largest absolute Gasteiger partial charge is 0.479 e. The second kappa shape index (κ2) is 5.28. The fourth-order valence-electron chi connectivity index (χ4n) is 2.18. The van der Waals surface area contributed by atoms with Gasteiger partial charge in [-0.1, -0.05) is 30.3 Å². The van der Waals surface area contributed by atoms with Crippen LogP contribution in [-0.4, -0.2) is 36.8 Å². The van der Waals surface area contributed by atoms with E-state index in [4.69, 9.17) is 5.11 Å². The van der Waals surface area contributed by atoms with E-state index in [1.54, 1.807) is 16.0 Å². The van der Waals surface area contributed by atoms with Gasteiger partial charge >= 0.3 is 5.97 Å². The molecule has 0 aliphatic carbocycles. The monoisotopic (exact) mass is 304 g/mol. The molecule has 3 N–H and O–H groups in total. The number of carboxylic acid groups (broad SMARTS) is 1. The summed E-state index contributed by atoms with van der Waals surface area (Å²) in [7, 11) is 0. The highest BCUT2D eigenvalue weighted by atomic mass is 32.1. The van der Waals surface area contributed by atoms with Crippen molar-refractivity contribution in [2.24, 2.45) is 0 Å². The second-order valence-electron chi connectivity index (χ2n) is 4.50. The first kappa shape index (κ1) is 13.7. The molecule has 2 unspecified atom stereocenters. The Balaban J connectivity index is 2.19. The van der Waals surface area contributed by atoms with Gasteiger partial charge in [-0.05, 0) is 0 Å². The van der Waals surface area contributed by atoms with Gasteiger partial charge in [0.2, 0.25) is 0 Å². The molecular formula is C14H12N2O4S. The van der Waals surface area contributed by atoms with E-state index in [1.807, 2.05) is 30.3 Å². The minimum atomic E-state index is -1.91. The Labute approximate surface area is 123 Å². The number of carbonyl (C=O) groups is 1. The summed E-state index contributed by atoms with van der Waals surface area (Å²) in [6.07, 6.45) is -1.79. The maximum Gasteiger partial charge on any atom is 0.335 e. The number of fused-ring (bicyclic) bond motifs is 1. The van der Waals surface area contributed by atoms with Crippen LogP contribution in [0.2, 0.25) is 0 Å². The molecule has 0 fully saturated rings. The predicted octanol–water partition coefficient (Wildman–Crippen LogP) is 1.54. The van der Waals surface area contributed by atoms with Gasteiger partial charge in [-0.2, -0.15) is 0 Å². The number of hydrogen-bond acceptors (Lipinski definition) is 5. The zero-order valence-corrected chi connectivity index (χ0v) is 11.6. The van der Waals surface area contributed by atoms with E-state index in [-0.39, 0.29) is 5.69 Å². The number of aliphatic carboxylic acids is 1. The van der Waals surface area contributed by atoms with Gasteiger partial charge in [0, 0.05) is 17.1 Å². The Bertz CT molecular complexity index is 781. The van der Waals surface area contributed by atoms with E-state index >= 15 is 0 Å². The summed E-state index contributed by atoms with van der Waals surface area (Å²) in [6, 6.07) is 9.13. The summed E-state index contributed by atoms with van der Waals surface area (Å²) >= 11 is 1.37. The van der Waals surface area contributed by atoms with Crippen molar-refractivity contribution >= 4 is 22.3 Å². The third-order valence-corrected chi connectivity index (χ3v) is 3.94. The summed E-state index contributed by atoms with van der Waals surface area (Å²) in [4.78, 5) is 16.0. The van der Waals surface area contributed by atoms with Gasteiger partial charge in [0.15, 0.2) is 11.1 Å². The topological polar surface area (TPSA) is 95.1 Å². The fraction of sp³-hybridized carbons (Fsp3) is 0.143. The van der Waals surface area contributed by atoms with Gasteiger partial charge in [0.25, 0.3) is 0 Å². The van der Waals surface area contributed by atoms with Crippen molar-refractivity contribution in [2.45, 2.75) is 12.2 Å². The number of aromatic nitrogens is 2. The number of thiazole rings is 1. The van der Waals surface area contributed by atoms with Gasteiger partial charge in [0.1, 0.15) is 6.10 Å². The van der Waals surface area contributed by atoms with Gasteiger partial charge in [-0.25, -0.2) is 9.78 Å². The third-order valence-electron chi connectivity index (χ3n) is 3.18. The summed E-state index contributed by atoms with van der Waals surface area (Å²) in [6.45, 7) is 0. The third kappa shape index (κ3) is 2.31. The molecule has 7 heteroatoms. The number of nitrogens with zero attached hydrogens (tertiary/aromatic N) is 2. The number of aliphatic hydroxyl groups is 2. The SMILES string of the molecule is O=C(O)C(O)C(O)c1c(-c2ccccc2)nc2sccn12. The van der Waals surface area contributed by atoms with E-state index < -0.39 is 18.2 Å². The molecule has 6 nitrogen and oxygen atoms in total. The molecule has 0 aliphatic heterocycles. The summed E-state index contributed by atoms with van der Waals surface area (Å²) in [5, 5.41) is 30.5. The van der Waals surface area contributed by atoms with Gasteiger partial charge in [0.05, 0.1) is 11.4 Å². The predicted molar refractivity (Wildman–Crippen MR) is 77.1 cm³/mol. The zero-order chi connectivity index (χ0) is 15.0. The summed E-state index contributed by atoms with van der Waals surface area (Å²) in [5.74, 6) is -1.48. The maximum absolute atomic E-state index is 10.9. The van der Waals surface area contributed by atoms with Crippen LogP contribution in [0.5, 0.6) is 0 Å². The van der Waals surface area contributed by atoms with Crippen LogP contribution >= 0.6 is 11.3 Å². The van der Waals surface area contributed by atoms with Gasteiger partial charge < -0.3 is 15.3 Å². The highest BCUT2D eigenvalue weighted by molar-refractivity contribution is 7.15. The Morgan fingerprint density at radius 3 is 2.62 bits per heavy atom. The molecule has 0 saturated carbocycles. The van der Waals surface area contributed by atoms with Crippen molar-refractivity contribution in [3.05, 3.63) is 47.6 Å². The molecule has 0 bridgehead atoms. The summed E-state index contributed by atoms with van der Waals surface area (Å²) < 4.78 is 1.60. The van der Waals surface area contributed by atoms with E-state index in [0.29, 0.717) is 10.7 Å². The zero-order valence-electron chi connectivity index (χ0n) is 10.7. The lowest BCUT2D eigenvalue weighted by atomic mass is 10.0. The number of benzene rings is 1. The number of imidazole rings is 1. The van der Waals surface area contributed by atoms with Crippen molar-refractivity contribution in [3.8, 4) is 11.3 Å². The van der Waals surface area contributed by atoms with Gasteiger partial charge in [-0.3, -0.25) is 4.40 Å². The highest BCUT2D eigenvalue weighted by Gasteiger charge is 2.31. The molecule has 0 amide bonds. The molecule has 2 atom stereocenters. The first-order valence-corrected chi connectivity index (χ1v) is 7.07. The highest BCUT2D eigenvalue weighted by Crippen LogP contribution is 2.32. The lowest BCUT2D eigenvalue weighted by Gasteiger charge is -2.15. The molecule has 3 aromatic rings. The number of hydrogen-bond donors (Lipinski definition) is 3. The molecule has 0 radical (unpaired) electrons. The fourth-order valence-corrected chi connectivity index (χ4v) is 2.90. The lowest BCUT2D eigenvalue weighted by molar-refractivity contribution is -0.153. The molecule has 21 heavy (non-hydrogen) atoms. The molecule has 0 spiro atoms. The molecule has 0 saturated heterocycles. The van der Waals surface area contributed by atoms with E-state index in [1.165, 1.54) is 11.3 Å². The average Bonchev–Trinajstić information content (AvgIpc) is 3.06. The van der Waals surface area contributed by atoms with E-state index in [2.05, 4.69) is 4.98 Å². The first-order chi connectivity index (χ1) is 10.1. The van der Waals surface area contributed by atoms with Crippen LogP contribution in [0.3, 0.4) is 0 Å². The molecular weight excluding hydrogens is 292 g/mol. The van der Waals surface area contributed by atoms with Crippen LogP contribution in [0.15, 0.2) is 41.9 Å². The van der Waals surface area contributed by atoms with Crippen molar-refractivity contribution in [2.75, 3.05) is 0 Å². The number of rotatable bonds is 4. The van der Waals surface area contributed by atoms with Crippen LogP contribution in [0.25, 0.3) is 16.2 Å². The Morgan fingerprint density at radius 1 is 1.24 bits per heavy atom. The smallest absolute Gasteiger partial charge is 0.335 e. The normalized spacial score (nSPS) is 14.2. The Kier molecular flexibility index (Phi) is 3.46. The van der Waals surface area contributed by atoms with E-state index in [0.717, 1.165) is 5.56 Å². The minimum Gasteiger partial charge on any atom is -0.479 e. The molecule has 0 aliphatic rings. The van der Waals surface area contributed by atoms with Crippen LogP contribution in [0.1, 0.15) is 11.8 Å². The van der Waals surface area contributed by atoms with Crippen LogP contribution < -0.4 is 0 Å². The van der Waals surface area contributed by atoms with Crippen LogP contribution in [0, 0.1) is 0 Å². The second-order valence-corrected chi connectivity index (χ2v) is 5.37. The Morgan fingerprint density at radius 2 is 1.95 bits per heavy atom. The van der Waals surface area contributed by atoms with Gasteiger partial charge in [-0.15, -0.1) is 11.3 Å². The molecule has 3 rings (SSSR count). The standard InChI is InChI=1S/C14H12N2O4S/c17-11(12(18)13(19)20)10-9(8-4-2-1-3-5-8)15-14-16(10)6-7-21-14/h1-7,11-12,17-18H,(H,19,20). The number of aliphatic hydroxyl groups excluding tert-OH is 2. The maximum atomic E-state index is 10.9. The van der Waals surface area contributed by atoms with Crippen molar-refractivity contribution in [1.82, 2.24) is 9.38 Å². The summed E-state index contributed by atoms with van der Waals surface area (Å²) in [5.41, 5.74) is 1.49. The van der Waals surface area contributed by atoms with Crippen molar-refractivity contribution in [3.63, 3.8) is 0 Å². The molecule has 108 valence electrons. The van der Waals surface area contributed by atoms with Crippen molar-refractivity contribution in [1.29, 1.82) is 0 Å².